The summed E-state index contributed by atoms with van der Waals surface area (Å²) in [5, 5.41) is 12.0. The molecule has 0 unspecified atom stereocenters. The van der Waals surface area contributed by atoms with Crippen molar-refractivity contribution in [2.24, 2.45) is 5.92 Å². The van der Waals surface area contributed by atoms with Gasteiger partial charge in [0.25, 0.3) is 5.91 Å². The Bertz CT molecular complexity index is 523. The minimum Gasteiger partial charge on any atom is -0.394 e. The summed E-state index contributed by atoms with van der Waals surface area (Å²) in [5.74, 6) is 1.45. The van der Waals surface area contributed by atoms with Crippen LogP contribution in [0.15, 0.2) is 24.3 Å². The molecule has 0 aliphatic carbocycles. The first-order valence-corrected chi connectivity index (χ1v) is 10.2. The molecule has 0 aliphatic heterocycles. The number of carbonyl (C=O) groups is 2. The highest BCUT2D eigenvalue weighted by atomic mass is 32.2. The molecule has 23 heavy (non-hydrogen) atoms. The van der Waals surface area contributed by atoms with E-state index in [-0.39, 0.29) is 24.2 Å². The molecule has 0 spiro atoms. The normalized spacial score (nSPS) is 11.6. The van der Waals surface area contributed by atoms with Crippen LogP contribution in [0.1, 0.15) is 34.6 Å². The van der Waals surface area contributed by atoms with E-state index in [1.54, 1.807) is 61.6 Å². The van der Waals surface area contributed by atoms with Crippen LogP contribution in [0.4, 0.5) is 0 Å². The Morgan fingerprint density at radius 1 is 1.09 bits per heavy atom. The van der Waals surface area contributed by atoms with Gasteiger partial charge in [-0.1, -0.05) is 12.1 Å². The molecule has 1 aromatic rings. The number of carbonyl (C=O) groups excluding carboxylic acids is 2. The fourth-order valence-electron chi connectivity index (χ4n) is 2.04. The number of hydrogen-bond donors (Lipinski definition) is 2. The summed E-state index contributed by atoms with van der Waals surface area (Å²) in [7, 11) is 0. The quantitative estimate of drug-likeness (QED) is 0.667. The largest absolute Gasteiger partial charge is 0.394 e. The van der Waals surface area contributed by atoms with Gasteiger partial charge in [-0.05, 0) is 38.5 Å². The van der Waals surface area contributed by atoms with Crippen LogP contribution in [0.25, 0.3) is 0 Å². The number of thioether (sulfide) groups is 2. The summed E-state index contributed by atoms with van der Waals surface area (Å²) in [6.45, 7) is 3.36. The standard InChI is InChI=1S/C17H25NO3S2/c1-17(2,11-19)18-16(21)13-7-5-12(6-8-13)15(20)14(9-22-3)10-23-4/h5-8,14,19H,9-11H2,1-4H3,(H,18,21). The number of nitrogens with one attached hydrogen (secondary N) is 1. The number of aliphatic hydroxyl groups is 1. The van der Waals surface area contributed by atoms with Gasteiger partial charge in [-0.15, -0.1) is 0 Å². The zero-order valence-corrected chi connectivity index (χ0v) is 15.7. The van der Waals surface area contributed by atoms with E-state index in [9.17, 15) is 14.7 Å². The first-order valence-electron chi connectivity index (χ1n) is 7.40. The number of benzene rings is 1. The Kier molecular flexibility index (Phi) is 8.16. The molecule has 0 saturated heterocycles. The molecule has 6 heteroatoms. The SMILES string of the molecule is CSCC(CSC)C(=O)c1ccc(C(=O)NC(C)(C)CO)cc1. The molecule has 1 rings (SSSR count). The summed E-state index contributed by atoms with van der Waals surface area (Å²) >= 11 is 3.34. The van der Waals surface area contributed by atoms with Crippen LogP contribution in [0.2, 0.25) is 0 Å². The van der Waals surface area contributed by atoms with E-state index in [1.807, 2.05) is 12.5 Å². The maximum Gasteiger partial charge on any atom is 0.251 e. The third-order valence-electron chi connectivity index (χ3n) is 3.39. The van der Waals surface area contributed by atoms with E-state index in [4.69, 9.17) is 0 Å². The lowest BCUT2D eigenvalue weighted by Crippen LogP contribution is -2.46. The molecule has 4 nitrogen and oxygen atoms in total. The summed E-state index contributed by atoms with van der Waals surface area (Å²) in [4.78, 5) is 24.6. The smallest absolute Gasteiger partial charge is 0.251 e. The second kappa shape index (κ2) is 9.35. The van der Waals surface area contributed by atoms with Crippen molar-refractivity contribution in [2.45, 2.75) is 19.4 Å². The molecule has 1 aromatic carbocycles. The summed E-state index contributed by atoms with van der Waals surface area (Å²) in [6, 6.07) is 6.73. The van der Waals surface area contributed by atoms with E-state index < -0.39 is 5.54 Å². The third-order valence-corrected chi connectivity index (χ3v) is 4.86. The molecular weight excluding hydrogens is 330 g/mol. The second-order valence-corrected chi connectivity index (χ2v) is 7.87. The Morgan fingerprint density at radius 2 is 1.57 bits per heavy atom. The fourth-order valence-corrected chi connectivity index (χ4v) is 3.53. The number of rotatable bonds is 9. The van der Waals surface area contributed by atoms with Gasteiger partial charge >= 0.3 is 0 Å². The number of aliphatic hydroxyl groups excluding tert-OH is 1. The van der Waals surface area contributed by atoms with E-state index in [2.05, 4.69) is 5.32 Å². The lowest BCUT2D eigenvalue weighted by molar-refractivity contribution is 0.0867. The third kappa shape index (κ3) is 6.20. The van der Waals surface area contributed by atoms with E-state index in [1.165, 1.54) is 0 Å². The predicted molar refractivity (Wildman–Crippen MR) is 99.7 cm³/mol. The maximum atomic E-state index is 12.5. The number of amides is 1. The van der Waals surface area contributed by atoms with Gasteiger partial charge in [0, 0.05) is 28.6 Å². The molecule has 0 saturated carbocycles. The average Bonchev–Trinajstić information content (AvgIpc) is 2.53. The van der Waals surface area contributed by atoms with Crippen LogP contribution in [0, 0.1) is 5.92 Å². The monoisotopic (exact) mass is 355 g/mol. The Morgan fingerprint density at radius 3 is 2.00 bits per heavy atom. The summed E-state index contributed by atoms with van der Waals surface area (Å²) < 4.78 is 0. The van der Waals surface area contributed by atoms with Crippen molar-refractivity contribution < 1.29 is 14.7 Å². The summed E-state index contributed by atoms with van der Waals surface area (Å²) in [6.07, 6.45) is 3.99. The molecule has 0 bridgehead atoms. The average molecular weight is 356 g/mol. The van der Waals surface area contributed by atoms with Crippen molar-refractivity contribution in [1.29, 1.82) is 0 Å². The first-order chi connectivity index (χ1) is 10.8. The first kappa shape index (κ1) is 20.1. The summed E-state index contributed by atoms with van der Waals surface area (Å²) in [5.41, 5.74) is 0.443. The zero-order chi connectivity index (χ0) is 17.5. The van der Waals surface area contributed by atoms with Gasteiger partial charge < -0.3 is 10.4 Å². The van der Waals surface area contributed by atoms with Crippen LogP contribution >= 0.6 is 23.5 Å². The van der Waals surface area contributed by atoms with Crippen LogP contribution < -0.4 is 5.32 Å². The topological polar surface area (TPSA) is 66.4 Å². The lowest BCUT2D eigenvalue weighted by Gasteiger charge is -2.23. The van der Waals surface area contributed by atoms with Crippen molar-refractivity contribution >= 4 is 35.2 Å². The molecule has 0 fully saturated rings. The highest BCUT2D eigenvalue weighted by molar-refractivity contribution is 7.99. The highest BCUT2D eigenvalue weighted by Gasteiger charge is 2.22. The molecule has 128 valence electrons. The zero-order valence-electron chi connectivity index (χ0n) is 14.1. The minimum atomic E-state index is -0.673. The number of Topliss-reactive ketones (excluding diaryl/α,β-unsaturated/α-hetero) is 1. The van der Waals surface area contributed by atoms with Gasteiger partial charge in [0.2, 0.25) is 0 Å². The van der Waals surface area contributed by atoms with Crippen LogP contribution in [-0.2, 0) is 0 Å². The van der Waals surface area contributed by atoms with Gasteiger partial charge in [-0.3, -0.25) is 9.59 Å². The van der Waals surface area contributed by atoms with Crippen LogP contribution in [0.3, 0.4) is 0 Å². The highest BCUT2D eigenvalue weighted by Crippen LogP contribution is 2.18. The lowest BCUT2D eigenvalue weighted by atomic mass is 9.99. The van der Waals surface area contributed by atoms with Gasteiger partial charge in [-0.25, -0.2) is 0 Å². The molecule has 0 aliphatic rings. The van der Waals surface area contributed by atoms with Crippen molar-refractivity contribution in [2.75, 3.05) is 30.6 Å². The fraction of sp³-hybridized carbons (Fsp3) is 0.529. The molecule has 0 aromatic heterocycles. The van der Waals surface area contributed by atoms with Crippen LogP contribution in [-0.4, -0.2) is 53.0 Å². The van der Waals surface area contributed by atoms with Gasteiger partial charge in [0.15, 0.2) is 5.78 Å². The Hall–Kier alpha value is -0.980. The van der Waals surface area contributed by atoms with Crippen molar-refractivity contribution in [3.8, 4) is 0 Å². The maximum absolute atomic E-state index is 12.5. The van der Waals surface area contributed by atoms with Gasteiger partial charge in [-0.2, -0.15) is 23.5 Å². The van der Waals surface area contributed by atoms with Gasteiger partial charge in [0.05, 0.1) is 12.1 Å². The number of ketones is 1. The Labute approximate surface area is 146 Å². The molecule has 0 radical (unpaired) electrons. The van der Waals surface area contributed by atoms with Gasteiger partial charge in [0.1, 0.15) is 0 Å². The van der Waals surface area contributed by atoms with Crippen molar-refractivity contribution in [1.82, 2.24) is 5.32 Å². The molecular formula is C17H25NO3S2. The minimum absolute atomic E-state index is 0.00648. The molecule has 2 N–H and O–H groups in total. The van der Waals surface area contributed by atoms with Crippen molar-refractivity contribution in [3.05, 3.63) is 35.4 Å². The Balaban J connectivity index is 2.83. The molecule has 0 atom stereocenters. The van der Waals surface area contributed by atoms with Crippen molar-refractivity contribution in [3.63, 3.8) is 0 Å². The second-order valence-electron chi connectivity index (χ2n) is 6.05. The van der Waals surface area contributed by atoms with Crippen LogP contribution in [0.5, 0.6) is 0 Å². The van der Waals surface area contributed by atoms with E-state index in [0.29, 0.717) is 11.1 Å². The van der Waals surface area contributed by atoms with E-state index >= 15 is 0 Å². The van der Waals surface area contributed by atoms with E-state index in [0.717, 1.165) is 11.5 Å². The molecule has 1 amide bonds. The number of hydrogen-bond acceptors (Lipinski definition) is 5. The molecule has 0 heterocycles. The predicted octanol–water partition coefficient (Wildman–Crippen LogP) is 2.71.